The van der Waals surface area contributed by atoms with Crippen LogP contribution in [0.5, 0.6) is 0 Å². The van der Waals surface area contributed by atoms with Crippen molar-refractivity contribution in [2.45, 2.75) is 32.1 Å². The summed E-state index contributed by atoms with van der Waals surface area (Å²) in [4.78, 5) is 25.7. The Bertz CT molecular complexity index is 964. The van der Waals surface area contributed by atoms with Gasteiger partial charge in [0.1, 0.15) is 4.88 Å². The largest absolute Gasteiger partial charge is 0.451 e. The third kappa shape index (κ3) is 5.15. The molecule has 0 unspecified atom stereocenters. The molecule has 0 aliphatic heterocycles. The highest BCUT2D eigenvalue weighted by atomic mass is 32.2. The average molecular weight is 411 g/mol. The van der Waals surface area contributed by atoms with Crippen LogP contribution in [0.3, 0.4) is 0 Å². The van der Waals surface area contributed by atoms with Crippen molar-refractivity contribution in [1.29, 1.82) is 0 Å². The van der Waals surface area contributed by atoms with E-state index in [0.717, 1.165) is 16.9 Å². The van der Waals surface area contributed by atoms with Gasteiger partial charge in [-0.2, -0.15) is 0 Å². The molecule has 0 spiro atoms. The molecule has 9 heteroatoms. The Hall–Kier alpha value is -2.23. The van der Waals surface area contributed by atoms with E-state index in [9.17, 15) is 18.0 Å². The van der Waals surface area contributed by atoms with Gasteiger partial charge in [0, 0.05) is 10.6 Å². The Labute approximate surface area is 162 Å². The lowest BCUT2D eigenvalue weighted by atomic mass is 10.2. The topological polar surface area (TPSA) is 102 Å². The third-order valence-electron chi connectivity index (χ3n) is 3.97. The van der Waals surface area contributed by atoms with Crippen molar-refractivity contribution < 1.29 is 22.7 Å². The smallest absolute Gasteiger partial charge is 0.348 e. The number of esters is 1. The number of amides is 1. The number of ether oxygens (including phenoxy) is 1. The predicted octanol–water partition coefficient (Wildman–Crippen LogP) is 2.63. The lowest BCUT2D eigenvalue weighted by molar-refractivity contribution is -0.119. The Kier molecular flexibility index (Phi) is 6.74. The fraction of sp³-hybridized carbons (Fsp3) is 0.333. The van der Waals surface area contributed by atoms with Gasteiger partial charge in [0.05, 0.1) is 4.90 Å². The van der Waals surface area contributed by atoms with E-state index in [0.29, 0.717) is 16.1 Å². The van der Waals surface area contributed by atoms with E-state index < -0.39 is 28.5 Å². The highest BCUT2D eigenvalue weighted by Crippen LogP contribution is 2.23. The molecule has 0 aliphatic carbocycles. The number of thiophene rings is 1. The Morgan fingerprint density at radius 3 is 2.48 bits per heavy atom. The first-order valence-electron chi connectivity index (χ1n) is 8.28. The summed E-state index contributed by atoms with van der Waals surface area (Å²) in [5.74, 6) is -1.11. The second-order valence-corrected chi connectivity index (χ2v) is 8.97. The second-order valence-electron chi connectivity index (χ2n) is 5.86. The van der Waals surface area contributed by atoms with Crippen molar-refractivity contribution in [1.82, 2.24) is 4.72 Å². The molecule has 0 radical (unpaired) electrons. The molecular weight excluding hydrogens is 388 g/mol. The van der Waals surface area contributed by atoms with Gasteiger partial charge in [0.2, 0.25) is 10.0 Å². The van der Waals surface area contributed by atoms with Crippen molar-refractivity contribution in [2.75, 3.05) is 19.0 Å². The molecule has 1 aromatic heterocycles. The van der Waals surface area contributed by atoms with E-state index in [1.54, 1.807) is 25.1 Å². The van der Waals surface area contributed by atoms with Crippen LogP contribution in [0.4, 0.5) is 5.69 Å². The minimum atomic E-state index is -3.64. The van der Waals surface area contributed by atoms with Crippen LogP contribution in [-0.4, -0.2) is 33.9 Å². The number of hydrogen-bond donors (Lipinski definition) is 2. The van der Waals surface area contributed by atoms with Gasteiger partial charge in [-0.05, 0) is 56.6 Å². The summed E-state index contributed by atoms with van der Waals surface area (Å²) < 4.78 is 31.3. The van der Waals surface area contributed by atoms with E-state index in [1.165, 1.54) is 24.5 Å². The summed E-state index contributed by atoms with van der Waals surface area (Å²) in [5.41, 5.74) is 1.93. The van der Waals surface area contributed by atoms with Gasteiger partial charge in [-0.15, -0.1) is 11.3 Å². The number of nitrogens with one attached hydrogen (secondary N) is 2. The highest BCUT2D eigenvalue weighted by molar-refractivity contribution is 7.89. The number of carbonyl (C=O) groups is 2. The van der Waals surface area contributed by atoms with Crippen molar-refractivity contribution in [3.05, 3.63) is 45.1 Å². The second kappa shape index (κ2) is 8.64. The minimum absolute atomic E-state index is 0.0703. The summed E-state index contributed by atoms with van der Waals surface area (Å²) in [7, 11) is -2.32. The van der Waals surface area contributed by atoms with Crippen LogP contribution >= 0.6 is 11.3 Å². The molecule has 0 saturated heterocycles. The number of anilines is 1. The SMILES string of the molecule is CCc1cc(C(=O)OCC(=O)Nc2ccc(C)c(S(=O)(=O)NC)c2)sc1C. The van der Waals surface area contributed by atoms with Gasteiger partial charge in [-0.3, -0.25) is 4.79 Å². The van der Waals surface area contributed by atoms with E-state index >= 15 is 0 Å². The number of carbonyl (C=O) groups excluding carboxylic acids is 2. The molecule has 2 rings (SSSR count). The molecule has 0 fully saturated rings. The number of rotatable bonds is 7. The fourth-order valence-electron chi connectivity index (χ4n) is 2.45. The van der Waals surface area contributed by atoms with Crippen molar-refractivity contribution in [3.8, 4) is 0 Å². The molecule has 27 heavy (non-hydrogen) atoms. The first-order valence-corrected chi connectivity index (χ1v) is 10.6. The zero-order chi connectivity index (χ0) is 20.2. The molecule has 1 heterocycles. The Morgan fingerprint density at radius 1 is 1.19 bits per heavy atom. The summed E-state index contributed by atoms with van der Waals surface area (Å²) in [6.07, 6.45) is 0.821. The lowest BCUT2D eigenvalue weighted by Crippen LogP contribution is -2.22. The average Bonchev–Trinajstić information content (AvgIpc) is 3.02. The first kappa shape index (κ1) is 21.1. The molecule has 146 valence electrons. The van der Waals surface area contributed by atoms with Crippen LogP contribution in [0.2, 0.25) is 0 Å². The van der Waals surface area contributed by atoms with Crippen LogP contribution < -0.4 is 10.0 Å². The monoisotopic (exact) mass is 410 g/mol. The maximum absolute atomic E-state index is 12.1. The van der Waals surface area contributed by atoms with Gasteiger partial charge < -0.3 is 10.1 Å². The Balaban J connectivity index is 2.01. The number of benzene rings is 1. The maximum Gasteiger partial charge on any atom is 0.348 e. The molecule has 2 aromatic rings. The minimum Gasteiger partial charge on any atom is -0.451 e. The summed E-state index contributed by atoms with van der Waals surface area (Å²) >= 11 is 1.33. The molecule has 0 bridgehead atoms. The predicted molar refractivity (Wildman–Crippen MR) is 105 cm³/mol. The zero-order valence-electron chi connectivity index (χ0n) is 15.6. The standard InChI is InChI=1S/C18H22N2O5S2/c1-5-13-8-15(26-12(13)3)18(22)25-10-17(21)20-14-7-6-11(2)16(9-14)27(23,24)19-4/h6-9,19H,5,10H2,1-4H3,(H,20,21). The van der Waals surface area contributed by atoms with Gasteiger partial charge in [-0.25, -0.2) is 17.9 Å². The van der Waals surface area contributed by atoms with Crippen molar-refractivity contribution in [2.24, 2.45) is 0 Å². The molecule has 2 N–H and O–H groups in total. The van der Waals surface area contributed by atoms with Crippen LogP contribution in [0.15, 0.2) is 29.2 Å². The fourth-order valence-corrected chi connectivity index (χ4v) is 4.45. The molecule has 1 amide bonds. The number of hydrogen-bond acceptors (Lipinski definition) is 6. The normalized spacial score (nSPS) is 11.3. The number of sulfonamides is 1. The van der Waals surface area contributed by atoms with Crippen molar-refractivity contribution >= 4 is 38.9 Å². The molecule has 0 aliphatic rings. The molecule has 0 saturated carbocycles. The van der Waals surface area contributed by atoms with Crippen LogP contribution in [0, 0.1) is 13.8 Å². The van der Waals surface area contributed by atoms with Gasteiger partial charge in [0.25, 0.3) is 5.91 Å². The first-order chi connectivity index (χ1) is 12.7. The number of aryl methyl sites for hydroxylation is 3. The van der Waals surface area contributed by atoms with E-state index in [1.807, 2.05) is 13.8 Å². The summed E-state index contributed by atoms with van der Waals surface area (Å²) in [5, 5.41) is 2.54. The van der Waals surface area contributed by atoms with E-state index in [4.69, 9.17) is 4.74 Å². The van der Waals surface area contributed by atoms with E-state index in [2.05, 4.69) is 10.0 Å². The molecular formula is C18H22N2O5S2. The van der Waals surface area contributed by atoms with E-state index in [-0.39, 0.29) is 4.90 Å². The summed E-state index contributed by atoms with van der Waals surface area (Å²) in [6.45, 7) is 5.13. The zero-order valence-corrected chi connectivity index (χ0v) is 17.2. The highest BCUT2D eigenvalue weighted by Gasteiger charge is 2.17. The summed E-state index contributed by atoms with van der Waals surface area (Å²) in [6, 6.07) is 6.30. The molecule has 0 atom stereocenters. The van der Waals surface area contributed by atoms with Crippen LogP contribution in [-0.2, 0) is 26.0 Å². The Morgan fingerprint density at radius 2 is 1.89 bits per heavy atom. The van der Waals surface area contributed by atoms with Gasteiger partial charge in [0.15, 0.2) is 6.61 Å². The van der Waals surface area contributed by atoms with Gasteiger partial charge in [-0.1, -0.05) is 13.0 Å². The molecule has 1 aromatic carbocycles. The van der Waals surface area contributed by atoms with Crippen LogP contribution in [0.25, 0.3) is 0 Å². The maximum atomic E-state index is 12.1. The van der Waals surface area contributed by atoms with Crippen LogP contribution in [0.1, 0.15) is 32.6 Å². The third-order valence-corrected chi connectivity index (χ3v) is 6.60. The quantitative estimate of drug-likeness (QED) is 0.683. The lowest BCUT2D eigenvalue weighted by Gasteiger charge is -2.10. The molecule has 7 nitrogen and oxygen atoms in total. The van der Waals surface area contributed by atoms with Crippen molar-refractivity contribution in [3.63, 3.8) is 0 Å². The van der Waals surface area contributed by atoms with Gasteiger partial charge >= 0.3 is 5.97 Å².